The number of halogens is 1. The van der Waals surface area contributed by atoms with Gasteiger partial charge in [0.15, 0.2) is 0 Å². The number of hydrogen-bond acceptors (Lipinski definition) is 3. The molecule has 3 saturated heterocycles. The van der Waals surface area contributed by atoms with Crippen LogP contribution < -0.4 is 10.1 Å². The van der Waals surface area contributed by atoms with Gasteiger partial charge in [-0.2, -0.15) is 0 Å². The first-order valence-corrected chi connectivity index (χ1v) is 8.52. The van der Waals surface area contributed by atoms with Gasteiger partial charge in [0.1, 0.15) is 5.75 Å². The van der Waals surface area contributed by atoms with Crippen LogP contribution in [0.4, 0.5) is 10.5 Å². The molecule has 2 bridgehead atoms. The quantitative estimate of drug-likeness (QED) is 0.891. The molecule has 1 aromatic carbocycles. The van der Waals surface area contributed by atoms with E-state index in [1.165, 1.54) is 0 Å². The van der Waals surface area contributed by atoms with Crippen molar-refractivity contribution in [3.63, 3.8) is 0 Å². The molecule has 4 rings (SSSR count). The molecule has 1 N–H and O–H groups in total. The van der Waals surface area contributed by atoms with Crippen LogP contribution in [0.2, 0.25) is 5.02 Å². The number of nitrogens with one attached hydrogen (secondary N) is 1. The number of amides is 3. The highest BCUT2D eigenvalue weighted by Gasteiger charge is 2.38. The lowest BCUT2D eigenvalue weighted by molar-refractivity contribution is -0.129. The van der Waals surface area contributed by atoms with Crippen LogP contribution in [0.25, 0.3) is 0 Å². The van der Waals surface area contributed by atoms with Crippen LogP contribution in [0, 0.1) is 5.92 Å². The first-order chi connectivity index (χ1) is 11.5. The summed E-state index contributed by atoms with van der Waals surface area (Å²) in [4.78, 5) is 28.2. The van der Waals surface area contributed by atoms with Crippen LogP contribution in [0.3, 0.4) is 0 Å². The Morgan fingerprint density at radius 3 is 2.75 bits per heavy atom. The lowest BCUT2D eigenvalue weighted by Crippen LogP contribution is -2.49. The van der Waals surface area contributed by atoms with E-state index < -0.39 is 0 Å². The maximum atomic E-state index is 12.8. The van der Waals surface area contributed by atoms with Crippen LogP contribution in [0.1, 0.15) is 19.8 Å². The average Bonchev–Trinajstić information content (AvgIpc) is 2.87. The summed E-state index contributed by atoms with van der Waals surface area (Å²) in [5.41, 5.74) is 0.554. The fraction of sp³-hybridized carbons (Fsp3) is 0.529. The number of rotatable bonds is 2. The molecule has 3 heterocycles. The lowest BCUT2D eigenvalue weighted by Gasteiger charge is -2.36. The Kier molecular flexibility index (Phi) is 4.85. The molecular weight excluding hydrogens is 330 g/mol. The summed E-state index contributed by atoms with van der Waals surface area (Å²) < 4.78 is 5.28. The van der Waals surface area contributed by atoms with Crippen molar-refractivity contribution in [2.75, 3.05) is 32.1 Å². The second-order valence-corrected chi connectivity index (χ2v) is 6.88. The maximum Gasteiger partial charge on any atom is 0.322 e. The van der Waals surface area contributed by atoms with Crippen molar-refractivity contribution in [2.45, 2.75) is 25.8 Å². The van der Waals surface area contributed by atoms with Crippen molar-refractivity contribution in [3.05, 3.63) is 23.2 Å². The number of ether oxygens (including phenoxy) is 1. The Morgan fingerprint density at radius 2 is 2.04 bits per heavy atom. The number of hydrogen-bond donors (Lipinski definition) is 1. The third kappa shape index (κ3) is 3.43. The van der Waals surface area contributed by atoms with Gasteiger partial charge in [-0.05, 0) is 37.0 Å². The lowest BCUT2D eigenvalue weighted by atomic mass is 9.95. The Hall–Kier alpha value is -1.95. The van der Waals surface area contributed by atoms with Crippen molar-refractivity contribution >= 4 is 29.2 Å². The maximum absolute atomic E-state index is 12.8. The number of piperidine rings is 1. The second kappa shape index (κ2) is 6.89. The van der Waals surface area contributed by atoms with E-state index in [9.17, 15) is 9.59 Å². The third-order valence-corrected chi connectivity index (χ3v) is 5.06. The standard InChI is InChI=1S/C17H22ClN3O3/c1-11(22)20-8-12-3-5-14(10-20)21(9-12)17(23)19-15-7-13(18)4-6-16(15)24-2/h4,6-7,12,14H,3,5,8-10H2,1-2H3,(H,19,23)/t12-,14+/m0/s1. The summed E-state index contributed by atoms with van der Waals surface area (Å²) in [6.07, 6.45) is 1.98. The SMILES string of the molecule is COc1ccc(Cl)cc1NC(=O)N1C[C@H]2CC[C@@H]1CN(C(C)=O)C2. The van der Waals surface area contributed by atoms with Crippen LogP contribution in [-0.4, -0.2) is 54.5 Å². The highest BCUT2D eigenvalue weighted by molar-refractivity contribution is 6.31. The summed E-state index contributed by atoms with van der Waals surface area (Å²) in [6, 6.07) is 5.00. The smallest absolute Gasteiger partial charge is 0.322 e. The predicted molar refractivity (Wildman–Crippen MR) is 92.5 cm³/mol. The minimum atomic E-state index is -0.171. The van der Waals surface area contributed by atoms with Crippen LogP contribution in [0.15, 0.2) is 18.2 Å². The van der Waals surface area contributed by atoms with Gasteiger partial charge in [-0.1, -0.05) is 11.6 Å². The Bertz CT molecular complexity index is 652. The molecule has 0 radical (unpaired) electrons. The third-order valence-electron chi connectivity index (χ3n) is 4.82. The van der Waals surface area contributed by atoms with Crippen molar-refractivity contribution in [1.82, 2.24) is 9.80 Å². The molecule has 0 aromatic heterocycles. The molecule has 7 heteroatoms. The van der Waals surface area contributed by atoms with E-state index in [0.29, 0.717) is 35.5 Å². The van der Waals surface area contributed by atoms with Crippen molar-refractivity contribution in [3.8, 4) is 5.75 Å². The summed E-state index contributed by atoms with van der Waals surface area (Å²) >= 11 is 6.02. The van der Waals surface area contributed by atoms with Gasteiger partial charge in [-0.15, -0.1) is 0 Å². The number of nitrogens with zero attached hydrogens (tertiary/aromatic N) is 2. The molecule has 0 saturated carbocycles. The van der Waals surface area contributed by atoms with Crippen LogP contribution in [-0.2, 0) is 4.79 Å². The Labute approximate surface area is 146 Å². The number of carbonyl (C=O) groups excluding carboxylic acids is 2. The van der Waals surface area contributed by atoms with E-state index in [-0.39, 0.29) is 18.0 Å². The predicted octanol–water partition coefficient (Wildman–Crippen LogP) is 2.82. The van der Waals surface area contributed by atoms with Gasteiger partial charge in [0.05, 0.1) is 18.8 Å². The number of carbonyl (C=O) groups is 2. The largest absolute Gasteiger partial charge is 0.495 e. The number of benzene rings is 1. The molecule has 3 aliphatic heterocycles. The number of fused-ring (bicyclic) bond motifs is 4. The molecule has 3 aliphatic rings. The summed E-state index contributed by atoms with van der Waals surface area (Å²) in [7, 11) is 1.55. The van der Waals surface area contributed by atoms with Gasteiger partial charge < -0.3 is 19.9 Å². The molecule has 1 aromatic rings. The molecule has 0 spiro atoms. The van der Waals surface area contributed by atoms with Gasteiger partial charge in [-0.25, -0.2) is 4.79 Å². The number of anilines is 1. The highest BCUT2D eigenvalue weighted by atomic mass is 35.5. The van der Waals surface area contributed by atoms with Crippen LogP contribution in [0.5, 0.6) is 5.75 Å². The molecule has 24 heavy (non-hydrogen) atoms. The van der Waals surface area contributed by atoms with Gasteiger partial charge in [-0.3, -0.25) is 4.79 Å². The minimum absolute atomic E-state index is 0.0535. The molecule has 6 nitrogen and oxygen atoms in total. The molecule has 130 valence electrons. The van der Waals surface area contributed by atoms with Gasteiger partial charge >= 0.3 is 6.03 Å². The van der Waals surface area contributed by atoms with Gasteiger partial charge in [0.25, 0.3) is 0 Å². The van der Waals surface area contributed by atoms with Crippen LogP contribution >= 0.6 is 11.6 Å². The molecule has 2 atom stereocenters. The van der Waals surface area contributed by atoms with Crippen molar-refractivity contribution in [2.24, 2.45) is 5.92 Å². The van der Waals surface area contributed by atoms with Gasteiger partial charge in [0.2, 0.25) is 5.91 Å². The Balaban J connectivity index is 1.76. The van der Waals surface area contributed by atoms with E-state index in [4.69, 9.17) is 16.3 Å². The first-order valence-electron chi connectivity index (χ1n) is 8.14. The Morgan fingerprint density at radius 1 is 1.25 bits per heavy atom. The molecule has 3 fully saturated rings. The van der Waals surface area contributed by atoms with Crippen molar-refractivity contribution < 1.29 is 14.3 Å². The zero-order valence-corrected chi connectivity index (χ0v) is 14.7. The van der Waals surface area contributed by atoms with Crippen molar-refractivity contribution in [1.29, 1.82) is 0 Å². The monoisotopic (exact) mass is 351 g/mol. The summed E-state index contributed by atoms with van der Waals surface area (Å²) in [5.74, 6) is 0.975. The van der Waals surface area contributed by atoms with E-state index in [2.05, 4.69) is 5.32 Å². The molecular formula is C17H22ClN3O3. The minimum Gasteiger partial charge on any atom is -0.495 e. The number of urea groups is 1. The zero-order chi connectivity index (χ0) is 17.3. The van der Waals surface area contributed by atoms with E-state index in [0.717, 1.165) is 19.4 Å². The first kappa shape index (κ1) is 16.9. The molecule has 0 aliphatic carbocycles. The number of methoxy groups -OCH3 is 1. The summed E-state index contributed by atoms with van der Waals surface area (Å²) in [6.45, 7) is 3.59. The normalized spacial score (nSPS) is 23.0. The fourth-order valence-electron chi connectivity index (χ4n) is 3.55. The average molecular weight is 352 g/mol. The second-order valence-electron chi connectivity index (χ2n) is 6.45. The fourth-order valence-corrected chi connectivity index (χ4v) is 3.72. The topological polar surface area (TPSA) is 61.9 Å². The summed E-state index contributed by atoms with van der Waals surface area (Å²) in [5, 5.41) is 3.44. The van der Waals surface area contributed by atoms with E-state index >= 15 is 0 Å². The highest BCUT2D eigenvalue weighted by Crippen LogP contribution is 2.31. The molecule has 3 amide bonds. The molecule has 0 unspecified atom stereocenters. The van der Waals surface area contributed by atoms with Gasteiger partial charge in [0, 0.05) is 31.6 Å². The van der Waals surface area contributed by atoms with E-state index in [1.54, 1.807) is 32.2 Å². The zero-order valence-electron chi connectivity index (χ0n) is 13.9. The van der Waals surface area contributed by atoms with E-state index in [1.807, 2.05) is 9.80 Å².